The number of carbonyl (C=O) groups excluding carboxylic acids is 1. The molecule has 0 bridgehead atoms. The molecule has 106 valence electrons. The number of nitrogens with zero attached hydrogens (tertiary/aromatic N) is 1. The Kier molecular flexibility index (Phi) is 5.91. The third kappa shape index (κ3) is 4.96. The number of hydrogen-bond acceptors (Lipinski definition) is 5. The first kappa shape index (κ1) is 15.6. The van der Waals surface area contributed by atoms with Gasteiger partial charge in [-0.15, -0.1) is 11.3 Å². The van der Waals surface area contributed by atoms with E-state index in [0.29, 0.717) is 22.9 Å². The first-order chi connectivity index (χ1) is 8.91. The minimum atomic E-state index is -0.473. The molecule has 0 aromatic carbocycles. The monoisotopic (exact) mass is 286 g/mol. The highest BCUT2D eigenvalue weighted by Gasteiger charge is 2.19. The van der Waals surface area contributed by atoms with Gasteiger partial charge in [0, 0.05) is 19.2 Å². The molecule has 6 nitrogen and oxygen atoms in total. The molecule has 0 unspecified atom stereocenters. The van der Waals surface area contributed by atoms with Gasteiger partial charge >= 0.3 is 0 Å². The van der Waals surface area contributed by atoms with Gasteiger partial charge < -0.3 is 10.1 Å². The molecule has 1 N–H and O–H groups in total. The molecule has 7 heteroatoms. The highest BCUT2D eigenvalue weighted by atomic mass is 32.1. The Morgan fingerprint density at radius 3 is 2.79 bits per heavy atom. The number of ether oxygens (including phenoxy) is 1. The van der Waals surface area contributed by atoms with Gasteiger partial charge in [-0.05, 0) is 27.2 Å². The summed E-state index contributed by atoms with van der Waals surface area (Å²) in [7, 11) is 0. The molecule has 1 heterocycles. The van der Waals surface area contributed by atoms with Crippen molar-refractivity contribution in [1.82, 2.24) is 5.32 Å². The maximum Gasteiger partial charge on any atom is 0.283 e. The summed E-state index contributed by atoms with van der Waals surface area (Å²) < 4.78 is 5.35. The van der Waals surface area contributed by atoms with Crippen LogP contribution in [0.15, 0.2) is 6.07 Å². The van der Waals surface area contributed by atoms with E-state index in [1.807, 2.05) is 13.8 Å². The number of nitrogens with one attached hydrogen (secondary N) is 1. The summed E-state index contributed by atoms with van der Waals surface area (Å²) in [5, 5.41) is 13.4. The van der Waals surface area contributed by atoms with E-state index in [0.717, 1.165) is 17.8 Å². The smallest absolute Gasteiger partial charge is 0.283 e. The Bertz CT molecular complexity index is 457. The van der Waals surface area contributed by atoms with Gasteiger partial charge in [-0.1, -0.05) is 0 Å². The lowest BCUT2D eigenvalue weighted by molar-refractivity contribution is -0.385. The Hall–Kier alpha value is -1.47. The quantitative estimate of drug-likeness (QED) is 0.474. The van der Waals surface area contributed by atoms with Gasteiger partial charge in [-0.3, -0.25) is 14.9 Å². The van der Waals surface area contributed by atoms with Crippen LogP contribution in [0.5, 0.6) is 0 Å². The zero-order valence-electron chi connectivity index (χ0n) is 11.3. The Morgan fingerprint density at radius 1 is 1.58 bits per heavy atom. The molecule has 0 radical (unpaired) electrons. The second-order valence-corrected chi connectivity index (χ2v) is 5.59. The fraction of sp³-hybridized carbons (Fsp3) is 0.583. The first-order valence-corrected chi connectivity index (χ1v) is 6.88. The van der Waals surface area contributed by atoms with Crippen molar-refractivity contribution in [3.8, 4) is 0 Å². The number of carbonyl (C=O) groups is 1. The topological polar surface area (TPSA) is 81.5 Å². The van der Waals surface area contributed by atoms with Gasteiger partial charge in [0.15, 0.2) is 0 Å². The molecule has 1 aromatic heterocycles. The maximum atomic E-state index is 11.8. The summed E-state index contributed by atoms with van der Waals surface area (Å²) >= 11 is 1.13. The average molecular weight is 286 g/mol. The van der Waals surface area contributed by atoms with E-state index in [4.69, 9.17) is 4.74 Å². The largest absolute Gasteiger partial charge is 0.379 e. The van der Waals surface area contributed by atoms with Crippen molar-refractivity contribution in [3.05, 3.63) is 25.9 Å². The van der Waals surface area contributed by atoms with E-state index >= 15 is 0 Å². The van der Waals surface area contributed by atoms with E-state index < -0.39 is 4.92 Å². The van der Waals surface area contributed by atoms with Crippen LogP contribution in [0.4, 0.5) is 5.69 Å². The number of nitro groups is 1. The molecule has 0 saturated carbocycles. The van der Waals surface area contributed by atoms with Crippen molar-refractivity contribution in [2.24, 2.45) is 0 Å². The van der Waals surface area contributed by atoms with E-state index in [-0.39, 0.29) is 17.7 Å². The van der Waals surface area contributed by atoms with Gasteiger partial charge in [0.05, 0.1) is 20.8 Å². The summed E-state index contributed by atoms with van der Waals surface area (Å²) in [6.45, 7) is 6.62. The lowest BCUT2D eigenvalue weighted by atomic mass is 10.3. The molecule has 0 spiro atoms. The predicted octanol–water partition coefficient (Wildman–Crippen LogP) is 2.51. The van der Waals surface area contributed by atoms with Crippen LogP contribution in [0.25, 0.3) is 0 Å². The van der Waals surface area contributed by atoms with E-state index in [2.05, 4.69) is 5.32 Å². The number of amides is 1. The van der Waals surface area contributed by atoms with Crippen molar-refractivity contribution in [2.45, 2.75) is 33.3 Å². The zero-order chi connectivity index (χ0) is 14.4. The SMILES string of the molecule is Cc1sc(C(=O)NCCCOC(C)C)cc1[N+](=O)[O-]. The van der Waals surface area contributed by atoms with Crippen LogP contribution in [0, 0.1) is 17.0 Å². The molecular formula is C12H18N2O4S. The fourth-order valence-electron chi connectivity index (χ4n) is 1.45. The predicted molar refractivity (Wildman–Crippen MR) is 73.7 cm³/mol. The molecule has 0 aliphatic rings. The Labute approximate surface area is 115 Å². The highest BCUT2D eigenvalue weighted by molar-refractivity contribution is 7.14. The zero-order valence-corrected chi connectivity index (χ0v) is 12.1. The standard InChI is InChI=1S/C12H18N2O4S/c1-8(2)18-6-4-5-13-12(15)11-7-10(14(16)17)9(3)19-11/h7-8H,4-6H2,1-3H3,(H,13,15). The average Bonchev–Trinajstić information content (AvgIpc) is 2.70. The van der Waals surface area contributed by atoms with Crippen LogP contribution < -0.4 is 5.32 Å². The summed E-state index contributed by atoms with van der Waals surface area (Å²) in [6, 6.07) is 1.32. The van der Waals surface area contributed by atoms with Gasteiger partial charge in [0.1, 0.15) is 0 Å². The Morgan fingerprint density at radius 2 is 2.26 bits per heavy atom. The van der Waals surface area contributed by atoms with Gasteiger partial charge in [-0.25, -0.2) is 0 Å². The van der Waals surface area contributed by atoms with Crippen LogP contribution in [0.1, 0.15) is 34.8 Å². The van der Waals surface area contributed by atoms with Crippen molar-refractivity contribution in [1.29, 1.82) is 0 Å². The van der Waals surface area contributed by atoms with Crippen LogP contribution in [-0.2, 0) is 4.74 Å². The molecule has 19 heavy (non-hydrogen) atoms. The first-order valence-electron chi connectivity index (χ1n) is 6.06. The molecule has 0 fully saturated rings. The fourth-order valence-corrected chi connectivity index (χ4v) is 2.35. The van der Waals surface area contributed by atoms with E-state index in [9.17, 15) is 14.9 Å². The van der Waals surface area contributed by atoms with E-state index in [1.165, 1.54) is 6.07 Å². The summed E-state index contributed by atoms with van der Waals surface area (Å²) in [6.07, 6.45) is 0.898. The number of rotatable bonds is 7. The van der Waals surface area contributed by atoms with Gasteiger partial charge in [0.2, 0.25) is 0 Å². The summed E-state index contributed by atoms with van der Waals surface area (Å²) in [4.78, 5) is 22.9. The number of aryl methyl sites for hydroxylation is 1. The number of thiophene rings is 1. The molecule has 1 amide bonds. The molecule has 0 aliphatic heterocycles. The Balaban J connectivity index is 2.41. The molecule has 1 aromatic rings. The third-order valence-electron chi connectivity index (χ3n) is 2.37. The van der Waals surface area contributed by atoms with Crippen LogP contribution in [0.2, 0.25) is 0 Å². The second-order valence-electron chi connectivity index (χ2n) is 4.34. The van der Waals surface area contributed by atoms with E-state index in [1.54, 1.807) is 6.92 Å². The maximum absolute atomic E-state index is 11.8. The number of hydrogen-bond donors (Lipinski definition) is 1. The van der Waals surface area contributed by atoms with Gasteiger partial charge in [-0.2, -0.15) is 0 Å². The molecule has 1 rings (SSSR count). The normalized spacial score (nSPS) is 10.7. The van der Waals surface area contributed by atoms with Crippen molar-refractivity contribution >= 4 is 22.9 Å². The summed E-state index contributed by atoms with van der Waals surface area (Å²) in [5.41, 5.74) is -0.00158. The molecule has 0 aliphatic carbocycles. The van der Waals surface area contributed by atoms with Crippen LogP contribution in [0.3, 0.4) is 0 Å². The highest BCUT2D eigenvalue weighted by Crippen LogP contribution is 2.27. The van der Waals surface area contributed by atoms with Gasteiger partial charge in [0.25, 0.3) is 11.6 Å². The lowest BCUT2D eigenvalue weighted by Gasteiger charge is -2.07. The third-order valence-corrected chi connectivity index (χ3v) is 3.41. The van der Waals surface area contributed by atoms with Crippen molar-refractivity contribution in [2.75, 3.05) is 13.2 Å². The second kappa shape index (κ2) is 7.20. The van der Waals surface area contributed by atoms with Crippen molar-refractivity contribution in [3.63, 3.8) is 0 Å². The van der Waals surface area contributed by atoms with Crippen LogP contribution in [-0.4, -0.2) is 30.1 Å². The minimum Gasteiger partial charge on any atom is -0.379 e. The molecule has 0 atom stereocenters. The lowest BCUT2D eigenvalue weighted by Crippen LogP contribution is -2.24. The van der Waals surface area contributed by atoms with Crippen LogP contribution >= 0.6 is 11.3 Å². The molecular weight excluding hydrogens is 268 g/mol. The molecule has 0 saturated heterocycles. The summed E-state index contributed by atoms with van der Waals surface area (Å²) in [5.74, 6) is -0.272. The minimum absolute atomic E-state index is 0.00158. The van der Waals surface area contributed by atoms with Crippen molar-refractivity contribution < 1.29 is 14.5 Å².